The Labute approximate surface area is 86.8 Å². The highest BCUT2D eigenvalue weighted by Gasteiger charge is 2.11. The van der Waals surface area contributed by atoms with E-state index in [0.29, 0.717) is 5.76 Å². The molecular weight excluding hydrogens is 198 g/mol. The van der Waals surface area contributed by atoms with Gasteiger partial charge in [-0.25, -0.2) is 0 Å². The lowest BCUT2D eigenvalue weighted by molar-refractivity contribution is -0.119. The summed E-state index contributed by atoms with van der Waals surface area (Å²) in [5.74, 6) is -0.0216. The quantitative estimate of drug-likeness (QED) is 0.608. The lowest BCUT2D eigenvalue weighted by Crippen LogP contribution is -2.34. The van der Waals surface area contributed by atoms with Crippen LogP contribution in [0.5, 0.6) is 0 Å². The summed E-state index contributed by atoms with van der Waals surface area (Å²) < 4.78 is 5.09. The van der Waals surface area contributed by atoms with Crippen molar-refractivity contribution in [3.8, 4) is 0 Å². The molecule has 0 saturated carbocycles. The Bertz CT molecular complexity index is 359. The van der Waals surface area contributed by atoms with Gasteiger partial charge in [0.15, 0.2) is 5.76 Å². The van der Waals surface area contributed by atoms with Gasteiger partial charge in [0.05, 0.1) is 13.1 Å². The van der Waals surface area contributed by atoms with E-state index in [1.165, 1.54) is 13.1 Å². The third-order valence-corrected chi connectivity index (χ3v) is 1.77. The van der Waals surface area contributed by atoms with Crippen molar-refractivity contribution in [3.05, 3.63) is 23.7 Å². The maximum Gasteiger partial charge on any atom is 0.287 e. The average molecular weight is 211 g/mol. The fraction of sp³-hybridized carbons (Fsp3) is 0.333. The maximum absolute atomic E-state index is 11.4. The second kappa shape index (κ2) is 5.16. The van der Waals surface area contributed by atoms with E-state index in [9.17, 15) is 9.59 Å². The zero-order valence-corrected chi connectivity index (χ0v) is 8.37. The molecule has 0 bridgehead atoms. The first-order chi connectivity index (χ1) is 7.17. The number of likely N-dealkylation sites (N-methyl/N-ethyl adjacent to an activating group) is 1. The van der Waals surface area contributed by atoms with E-state index >= 15 is 0 Å². The molecular formula is C9H13N3O3. The number of furan rings is 1. The van der Waals surface area contributed by atoms with Gasteiger partial charge in [0, 0.05) is 7.05 Å². The normalized spacial score (nSPS) is 9.73. The van der Waals surface area contributed by atoms with E-state index < -0.39 is 5.91 Å². The van der Waals surface area contributed by atoms with Gasteiger partial charge in [0.1, 0.15) is 5.76 Å². The predicted octanol–water partition coefficient (Wildman–Crippen LogP) is -0.786. The highest BCUT2D eigenvalue weighted by atomic mass is 16.4. The molecule has 2 amide bonds. The monoisotopic (exact) mass is 211 g/mol. The van der Waals surface area contributed by atoms with Crippen molar-refractivity contribution in [1.29, 1.82) is 0 Å². The molecule has 1 aromatic rings. The van der Waals surface area contributed by atoms with Crippen LogP contribution in [0.1, 0.15) is 16.3 Å². The average Bonchev–Trinajstić information content (AvgIpc) is 2.73. The number of nitrogens with one attached hydrogen (secondary N) is 2. The molecule has 0 aliphatic carbocycles. The molecule has 0 radical (unpaired) electrons. The van der Waals surface area contributed by atoms with Crippen LogP contribution in [0.4, 0.5) is 0 Å². The standard InChI is InChI=1S/C9H13N3O3/c1-11-8(13)5-12-9(14)7-3-2-6(4-10)15-7/h2-3H,4-5,10H2,1H3,(H,11,13)(H,12,14). The molecule has 6 heteroatoms. The smallest absolute Gasteiger partial charge is 0.287 e. The van der Waals surface area contributed by atoms with Gasteiger partial charge >= 0.3 is 0 Å². The highest BCUT2D eigenvalue weighted by molar-refractivity contribution is 5.94. The van der Waals surface area contributed by atoms with Crippen LogP contribution in [0.2, 0.25) is 0 Å². The topological polar surface area (TPSA) is 97.4 Å². The minimum atomic E-state index is -0.432. The van der Waals surface area contributed by atoms with Crippen LogP contribution in [0.3, 0.4) is 0 Å². The van der Waals surface area contributed by atoms with E-state index in [1.54, 1.807) is 6.07 Å². The molecule has 1 heterocycles. The second-order valence-electron chi connectivity index (χ2n) is 2.83. The van der Waals surface area contributed by atoms with Crippen molar-refractivity contribution in [2.45, 2.75) is 6.54 Å². The lowest BCUT2D eigenvalue weighted by Gasteiger charge is -2.01. The number of carbonyl (C=O) groups is 2. The van der Waals surface area contributed by atoms with Crippen LogP contribution in [-0.2, 0) is 11.3 Å². The van der Waals surface area contributed by atoms with Gasteiger partial charge in [-0.3, -0.25) is 9.59 Å². The van der Waals surface area contributed by atoms with Gasteiger partial charge in [-0.2, -0.15) is 0 Å². The molecule has 0 aromatic carbocycles. The van der Waals surface area contributed by atoms with Gasteiger partial charge in [-0.15, -0.1) is 0 Å². The predicted molar refractivity (Wildman–Crippen MR) is 53.0 cm³/mol. The molecule has 0 fully saturated rings. The zero-order chi connectivity index (χ0) is 11.3. The van der Waals surface area contributed by atoms with E-state index in [2.05, 4.69) is 10.6 Å². The molecule has 1 rings (SSSR count). The second-order valence-corrected chi connectivity index (χ2v) is 2.83. The third kappa shape index (κ3) is 3.10. The van der Waals surface area contributed by atoms with Crippen molar-refractivity contribution in [2.24, 2.45) is 5.73 Å². The molecule has 6 nitrogen and oxygen atoms in total. The van der Waals surface area contributed by atoms with Crippen LogP contribution in [0.15, 0.2) is 16.5 Å². The SMILES string of the molecule is CNC(=O)CNC(=O)c1ccc(CN)o1. The Morgan fingerprint density at radius 1 is 1.47 bits per heavy atom. The molecule has 0 atom stereocenters. The zero-order valence-electron chi connectivity index (χ0n) is 8.37. The minimum absolute atomic E-state index is 0.0754. The lowest BCUT2D eigenvalue weighted by atomic mass is 10.4. The summed E-state index contributed by atoms with van der Waals surface area (Å²) in [6.45, 7) is 0.163. The van der Waals surface area contributed by atoms with Crippen molar-refractivity contribution in [2.75, 3.05) is 13.6 Å². The minimum Gasteiger partial charge on any atom is -0.455 e. The van der Waals surface area contributed by atoms with E-state index in [4.69, 9.17) is 10.2 Å². The summed E-state index contributed by atoms with van der Waals surface area (Å²) in [5, 5.41) is 4.79. The van der Waals surface area contributed by atoms with E-state index in [0.717, 1.165) is 0 Å². The Morgan fingerprint density at radius 3 is 2.73 bits per heavy atom. The van der Waals surface area contributed by atoms with Crippen LogP contribution in [-0.4, -0.2) is 25.4 Å². The highest BCUT2D eigenvalue weighted by Crippen LogP contribution is 2.06. The van der Waals surface area contributed by atoms with Gasteiger partial charge < -0.3 is 20.8 Å². The summed E-state index contributed by atoms with van der Waals surface area (Å²) >= 11 is 0. The Hall–Kier alpha value is -1.82. The summed E-state index contributed by atoms with van der Waals surface area (Å²) in [6.07, 6.45) is 0. The first kappa shape index (κ1) is 11.3. The first-order valence-electron chi connectivity index (χ1n) is 4.45. The summed E-state index contributed by atoms with van der Waals surface area (Å²) in [7, 11) is 1.49. The van der Waals surface area contributed by atoms with Crippen molar-refractivity contribution >= 4 is 11.8 Å². The van der Waals surface area contributed by atoms with E-state index in [1.807, 2.05) is 0 Å². The number of hydrogen-bond donors (Lipinski definition) is 3. The summed E-state index contributed by atoms with van der Waals surface area (Å²) in [5.41, 5.74) is 5.32. The number of rotatable bonds is 4. The first-order valence-corrected chi connectivity index (χ1v) is 4.45. The van der Waals surface area contributed by atoms with Crippen LogP contribution in [0.25, 0.3) is 0 Å². The van der Waals surface area contributed by atoms with Gasteiger partial charge in [-0.1, -0.05) is 0 Å². The van der Waals surface area contributed by atoms with Gasteiger partial charge in [0.25, 0.3) is 5.91 Å². The Balaban J connectivity index is 2.50. The molecule has 82 valence electrons. The molecule has 0 aliphatic heterocycles. The molecule has 15 heavy (non-hydrogen) atoms. The molecule has 0 aliphatic rings. The molecule has 0 saturated heterocycles. The number of nitrogens with two attached hydrogens (primary N) is 1. The Kier molecular flexibility index (Phi) is 3.87. The molecule has 0 spiro atoms. The molecule has 1 aromatic heterocycles. The largest absolute Gasteiger partial charge is 0.455 e. The van der Waals surface area contributed by atoms with Crippen LogP contribution in [0, 0.1) is 0 Å². The third-order valence-electron chi connectivity index (χ3n) is 1.77. The van der Waals surface area contributed by atoms with E-state index in [-0.39, 0.29) is 24.8 Å². The van der Waals surface area contributed by atoms with Crippen molar-refractivity contribution in [3.63, 3.8) is 0 Å². The summed E-state index contributed by atoms with van der Waals surface area (Å²) in [6, 6.07) is 3.14. The fourth-order valence-electron chi connectivity index (χ4n) is 0.946. The van der Waals surface area contributed by atoms with Crippen molar-refractivity contribution < 1.29 is 14.0 Å². The van der Waals surface area contributed by atoms with Crippen molar-refractivity contribution in [1.82, 2.24) is 10.6 Å². The fourth-order valence-corrected chi connectivity index (χ4v) is 0.946. The maximum atomic E-state index is 11.4. The van der Waals surface area contributed by atoms with Gasteiger partial charge in [0.2, 0.25) is 5.91 Å². The van der Waals surface area contributed by atoms with Gasteiger partial charge in [-0.05, 0) is 12.1 Å². The number of hydrogen-bond acceptors (Lipinski definition) is 4. The Morgan fingerprint density at radius 2 is 2.20 bits per heavy atom. The number of amides is 2. The molecule has 4 N–H and O–H groups in total. The van der Waals surface area contributed by atoms with Crippen LogP contribution < -0.4 is 16.4 Å². The van der Waals surface area contributed by atoms with Crippen LogP contribution >= 0.6 is 0 Å². The number of carbonyl (C=O) groups excluding carboxylic acids is 2. The summed E-state index contributed by atoms with van der Waals surface area (Å²) in [4.78, 5) is 22.2. The molecule has 0 unspecified atom stereocenters.